The molecule has 1 aliphatic rings. The average molecular weight is 377 g/mol. The molecule has 2 aromatic carbocycles. The molecule has 2 heterocycles. The minimum atomic E-state index is -0.268. The van der Waals surface area contributed by atoms with E-state index in [1.165, 1.54) is 6.33 Å². The van der Waals surface area contributed by atoms with Crippen molar-refractivity contribution in [2.24, 2.45) is 0 Å². The zero-order valence-electron chi connectivity index (χ0n) is 15.3. The number of nitrogens with zero attached hydrogens (tertiary/aromatic N) is 3. The molecule has 0 fully saturated rings. The zero-order valence-corrected chi connectivity index (χ0v) is 15.3. The number of ether oxygens (including phenoxy) is 1. The van der Waals surface area contributed by atoms with Crippen molar-refractivity contribution in [3.8, 4) is 5.75 Å². The predicted molar refractivity (Wildman–Crippen MR) is 103 cm³/mol. The van der Waals surface area contributed by atoms with Crippen molar-refractivity contribution < 1.29 is 14.3 Å². The first-order chi connectivity index (χ1) is 13.6. The molecule has 1 aliphatic heterocycles. The largest absolute Gasteiger partial charge is 0.484 e. The lowest BCUT2D eigenvalue weighted by atomic mass is 10.0. The van der Waals surface area contributed by atoms with Crippen LogP contribution in [-0.2, 0) is 9.59 Å². The van der Waals surface area contributed by atoms with E-state index in [2.05, 4.69) is 20.7 Å². The van der Waals surface area contributed by atoms with Gasteiger partial charge in [0.05, 0.1) is 12.5 Å². The average Bonchev–Trinajstić information content (AvgIpc) is 3.14. The van der Waals surface area contributed by atoms with E-state index < -0.39 is 0 Å². The van der Waals surface area contributed by atoms with Gasteiger partial charge < -0.3 is 10.1 Å². The molecule has 1 atom stereocenters. The number of aromatic nitrogens is 3. The minimum Gasteiger partial charge on any atom is -0.484 e. The number of carbonyl (C=O) groups excluding carboxylic acids is 2. The maximum Gasteiger partial charge on any atom is 0.262 e. The number of hydrogen-bond donors (Lipinski definition) is 2. The lowest BCUT2D eigenvalue weighted by Gasteiger charge is -2.24. The lowest BCUT2D eigenvalue weighted by Crippen LogP contribution is -2.29. The van der Waals surface area contributed by atoms with E-state index in [0.717, 1.165) is 16.8 Å². The Morgan fingerprint density at radius 2 is 2.14 bits per heavy atom. The van der Waals surface area contributed by atoms with E-state index in [-0.39, 0.29) is 30.9 Å². The number of amides is 2. The molecule has 0 unspecified atom stereocenters. The Morgan fingerprint density at radius 3 is 3.00 bits per heavy atom. The van der Waals surface area contributed by atoms with E-state index in [1.807, 2.05) is 49.4 Å². The molecule has 2 amide bonds. The molecule has 0 radical (unpaired) electrons. The molecule has 1 aromatic heterocycles. The van der Waals surface area contributed by atoms with Gasteiger partial charge in [-0.05, 0) is 42.3 Å². The topological polar surface area (TPSA) is 98.1 Å². The van der Waals surface area contributed by atoms with E-state index in [4.69, 9.17) is 4.74 Å². The summed E-state index contributed by atoms with van der Waals surface area (Å²) in [6.07, 6.45) is 1.66. The van der Waals surface area contributed by atoms with E-state index in [1.54, 1.807) is 10.7 Å². The summed E-state index contributed by atoms with van der Waals surface area (Å²) in [5.41, 5.74) is 2.66. The van der Waals surface area contributed by atoms with Gasteiger partial charge in [0.15, 0.2) is 6.61 Å². The van der Waals surface area contributed by atoms with Gasteiger partial charge in [0.2, 0.25) is 11.9 Å². The van der Waals surface area contributed by atoms with E-state index >= 15 is 0 Å². The summed E-state index contributed by atoms with van der Waals surface area (Å²) in [7, 11) is 0. The van der Waals surface area contributed by atoms with Crippen molar-refractivity contribution in [2.75, 3.05) is 17.2 Å². The maximum atomic E-state index is 12.1. The molecular formula is C20H19N5O3. The molecule has 4 rings (SSSR count). The molecule has 142 valence electrons. The van der Waals surface area contributed by atoms with Crippen LogP contribution in [0.4, 0.5) is 11.6 Å². The second kappa shape index (κ2) is 7.51. The third-order valence-electron chi connectivity index (χ3n) is 4.41. The van der Waals surface area contributed by atoms with Crippen LogP contribution in [0.25, 0.3) is 0 Å². The summed E-state index contributed by atoms with van der Waals surface area (Å²) in [6, 6.07) is 14.6. The molecule has 8 heteroatoms. The highest BCUT2D eigenvalue weighted by atomic mass is 16.5. The lowest BCUT2D eigenvalue weighted by molar-refractivity contribution is -0.118. The Kier molecular flexibility index (Phi) is 4.76. The van der Waals surface area contributed by atoms with Crippen LogP contribution in [0.1, 0.15) is 23.6 Å². The first-order valence-corrected chi connectivity index (χ1v) is 8.87. The highest BCUT2D eigenvalue weighted by Crippen LogP contribution is 2.30. The molecule has 3 aromatic rings. The second-order valence-electron chi connectivity index (χ2n) is 6.58. The van der Waals surface area contributed by atoms with Gasteiger partial charge in [0.1, 0.15) is 12.1 Å². The normalized spacial score (nSPS) is 15.5. The summed E-state index contributed by atoms with van der Waals surface area (Å²) in [4.78, 5) is 28.1. The van der Waals surface area contributed by atoms with Crippen LogP contribution >= 0.6 is 0 Å². The van der Waals surface area contributed by atoms with Crippen LogP contribution in [0.15, 0.2) is 54.9 Å². The first kappa shape index (κ1) is 17.7. The number of fused-ring (bicyclic) bond motifs is 1. The van der Waals surface area contributed by atoms with Crippen molar-refractivity contribution in [2.45, 2.75) is 19.4 Å². The van der Waals surface area contributed by atoms with Crippen LogP contribution in [0.5, 0.6) is 5.75 Å². The molecule has 0 spiro atoms. The zero-order chi connectivity index (χ0) is 19.5. The van der Waals surface area contributed by atoms with Crippen molar-refractivity contribution >= 4 is 23.5 Å². The summed E-state index contributed by atoms with van der Waals surface area (Å²) < 4.78 is 7.31. The van der Waals surface area contributed by atoms with Gasteiger partial charge in [-0.2, -0.15) is 10.1 Å². The third kappa shape index (κ3) is 3.85. The number of rotatable bonds is 5. The highest BCUT2D eigenvalue weighted by Gasteiger charge is 2.27. The fraction of sp³-hybridized carbons (Fsp3) is 0.200. The summed E-state index contributed by atoms with van der Waals surface area (Å²) in [5, 5.41) is 9.69. The minimum absolute atomic E-state index is 0.114. The van der Waals surface area contributed by atoms with Gasteiger partial charge in [-0.15, -0.1) is 0 Å². The van der Waals surface area contributed by atoms with Gasteiger partial charge in [-0.25, -0.2) is 4.68 Å². The maximum absolute atomic E-state index is 12.1. The van der Waals surface area contributed by atoms with Gasteiger partial charge in [0, 0.05) is 5.69 Å². The van der Waals surface area contributed by atoms with E-state index in [9.17, 15) is 9.59 Å². The SMILES string of the molecule is Cc1cccc(NC(=O)COc2cccc([C@H]3CC(=O)Nc4ncnn43)c2)c1. The van der Waals surface area contributed by atoms with Gasteiger partial charge >= 0.3 is 0 Å². The quantitative estimate of drug-likeness (QED) is 0.712. The number of nitrogens with one attached hydrogen (secondary N) is 2. The Balaban J connectivity index is 1.43. The van der Waals surface area contributed by atoms with Gasteiger partial charge in [0.25, 0.3) is 5.91 Å². The Morgan fingerprint density at radius 1 is 1.29 bits per heavy atom. The Bertz CT molecular complexity index is 1030. The number of benzene rings is 2. The Labute approximate surface area is 161 Å². The van der Waals surface area contributed by atoms with Crippen LogP contribution in [-0.4, -0.2) is 33.2 Å². The summed E-state index contributed by atoms with van der Waals surface area (Å²) in [6.45, 7) is 1.85. The fourth-order valence-corrected chi connectivity index (χ4v) is 3.14. The van der Waals surface area contributed by atoms with Crippen LogP contribution in [0, 0.1) is 6.92 Å². The molecule has 0 saturated heterocycles. The van der Waals surface area contributed by atoms with E-state index in [0.29, 0.717) is 11.7 Å². The molecule has 0 aliphatic carbocycles. The monoisotopic (exact) mass is 377 g/mol. The van der Waals surface area contributed by atoms with Crippen molar-refractivity contribution in [1.82, 2.24) is 14.8 Å². The van der Waals surface area contributed by atoms with Gasteiger partial charge in [-0.1, -0.05) is 24.3 Å². The third-order valence-corrected chi connectivity index (χ3v) is 4.41. The number of aryl methyl sites for hydroxylation is 1. The number of carbonyl (C=O) groups is 2. The summed E-state index contributed by atoms with van der Waals surface area (Å²) in [5.74, 6) is 0.607. The Hall–Kier alpha value is -3.68. The predicted octanol–water partition coefficient (Wildman–Crippen LogP) is 2.54. The fourth-order valence-electron chi connectivity index (χ4n) is 3.14. The second-order valence-corrected chi connectivity index (χ2v) is 6.58. The highest BCUT2D eigenvalue weighted by molar-refractivity contribution is 5.92. The smallest absolute Gasteiger partial charge is 0.262 e. The summed E-state index contributed by atoms with van der Waals surface area (Å²) >= 11 is 0. The molecule has 2 N–H and O–H groups in total. The molecule has 0 bridgehead atoms. The first-order valence-electron chi connectivity index (χ1n) is 8.87. The molecule has 28 heavy (non-hydrogen) atoms. The molecule has 0 saturated carbocycles. The van der Waals surface area contributed by atoms with Crippen LogP contribution in [0.2, 0.25) is 0 Å². The molecule has 8 nitrogen and oxygen atoms in total. The van der Waals surface area contributed by atoms with Crippen molar-refractivity contribution in [1.29, 1.82) is 0 Å². The molecular weight excluding hydrogens is 358 g/mol. The van der Waals surface area contributed by atoms with Crippen molar-refractivity contribution in [3.63, 3.8) is 0 Å². The van der Waals surface area contributed by atoms with Gasteiger partial charge in [-0.3, -0.25) is 14.9 Å². The number of hydrogen-bond acceptors (Lipinski definition) is 5. The van der Waals surface area contributed by atoms with Crippen LogP contribution in [0.3, 0.4) is 0 Å². The standard InChI is InChI=1S/C20H19N5O3/c1-13-4-2-6-15(8-13)23-19(27)11-28-16-7-3-5-14(9-16)17-10-18(26)24-20-21-12-22-25(17)20/h2-9,12,17H,10-11H2,1H3,(H,23,27)(H,21,22,24,26)/t17-/m1/s1. The number of anilines is 2. The van der Waals surface area contributed by atoms with Crippen molar-refractivity contribution in [3.05, 3.63) is 66.0 Å². The van der Waals surface area contributed by atoms with Crippen LogP contribution < -0.4 is 15.4 Å².